The Bertz CT molecular complexity index is 312. The first-order valence-corrected chi connectivity index (χ1v) is 4.89. The molecule has 1 N–H and O–H groups in total. The molecule has 3 heteroatoms. The molecule has 0 saturated heterocycles. The molecule has 0 radical (unpaired) electrons. The highest BCUT2D eigenvalue weighted by atomic mass is 16.3. The molecule has 0 aliphatic heterocycles. The van der Waals surface area contributed by atoms with Gasteiger partial charge in [-0.3, -0.25) is 0 Å². The second kappa shape index (κ2) is 3.09. The zero-order chi connectivity index (χ0) is 11.1. The normalized spacial score (nSPS) is 13.4. The summed E-state index contributed by atoms with van der Waals surface area (Å²) in [6.45, 7) is 9.61. The van der Waals surface area contributed by atoms with Crippen molar-refractivity contribution >= 4 is 0 Å². The van der Waals surface area contributed by atoms with Crippen LogP contribution >= 0.6 is 0 Å². The molecular weight excluding hydrogens is 176 g/mol. The molecule has 0 saturated carbocycles. The lowest BCUT2D eigenvalue weighted by molar-refractivity contribution is 0.00788. The molecule has 0 aliphatic rings. The Hall–Kier alpha value is -0.830. The number of hydrogen-bond acceptors (Lipinski definition) is 2. The number of aromatic nitrogens is 2. The van der Waals surface area contributed by atoms with Gasteiger partial charge in [0.2, 0.25) is 0 Å². The van der Waals surface area contributed by atoms with Gasteiger partial charge < -0.3 is 9.67 Å². The fourth-order valence-electron chi connectivity index (χ4n) is 1.17. The minimum Gasteiger partial charge on any atom is -0.390 e. The summed E-state index contributed by atoms with van der Waals surface area (Å²) in [4.78, 5) is 4.45. The summed E-state index contributed by atoms with van der Waals surface area (Å²) >= 11 is 0. The van der Waals surface area contributed by atoms with Crippen molar-refractivity contribution in [1.29, 1.82) is 0 Å². The molecule has 1 heterocycles. The Morgan fingerprint density at radius 3 is 2.07 bits per heavy atom. The standard InChI is InChI=1S/C11H20N2O/c1-8-12-9(7-13(8)6)10(2,3)11(4,5)14/h7,14H,1-6H3. The van der Waals surface area contributed by atoms with Crippen LogP contribution in [0.15, 0.2) is 6.20 Å². The highest BCUT2D eigenvalue weighted by Crippen LogP contribution is 2.33. The van der Waals surface area contributed by atoms with Crippen LogP contribution < -0.4 is 0 Å². The van der Waals surface area contributed by atoms with E-state index in [1.54, 1.807) is 0 Å². The van der Waals surface area contributed by atoms with E-state index in [0.717, 1.165) is 11.5 Å². The summed E-state index contributed by atoms with van der Waals surface area (Å²) in [5.74, 6) is 0.970. The number of rotatable bonds is 2. The van der Waals surface area contributed by atoms with E-state index in [0.29, 0.717) is 0 Å². The van der Waals surface area contributed by atoms with Crippen LogP contribution in [0.1, 0.15) is 39.2 Å². The van der Waals surface area contributed by atoms with E-state index in [1.807, 2.05) is 52.4 Å². The lowest BCUT2D eigenvalue weighted by atomic mass is 9.75. The molecule has 0 aliphatic carbocycles. The third kappa shape index (κ3) is 1.69. The predicted octanol–water partition coefficient (Wildman–Crippen LogP) is 1.78. The zero-order valence-corrected chi connectivity index (χ0v) is 9.92. The van der Waals surface area contributed by atoms with Crippen LogP contribution in [0.25, 0.3) is 0 Å². The summed E-state index contributed by atoms with van der Waals surface area (Å²) in [7, 11) is 1.96. The summed E-state index contributed by atoms with van der Waals surface area (Å²) < 4.78 is 1.98. The highest BCUT2D eigenvalue weighted by molar-refractivity contribution is 5.18. The molecule has 1 rings (SSSR count). The van der Waals surface area contributed by atoms with E-state index < -0.39 is 5.60 Å². The van der Waals surface area contributed by atoms with Crippen molar-refractivity contribution in [2.75, 3.05) is 0 Å². The van der Waals surface area contributed by atoms with E-state index in [4.69, 9.17) is 0 Å². The van der Waals surface area contributed by atoms with E-state index in [2.05, 4.69) is 4.98 Å². The lowest BCUT2D eigenvalue weighted by Gasteiger charge is -2.35. The van der Waals surface area contributed by atoms with Gasteiger partial charge in [-0.05, 0) is 20.8 Å². The number of aliphatic hydroxyl groups is 1. The Labute approximate surface area is 85.8 Å². The maximum Gasteiger partial charge on any atom is 0.105 e. The quantitative estimate of drug-likeness (QED) is 0.783. The molecule has 1 aromatic heterocycles. The van der Waals surface area contributed by atoms with Gasteiger partial charge in [0.05, 0.1) is 11.3 Å². The molecule has 0 unspecified atom stereocenters. The van der Waals surface area contributed by atoms with E-state index in [9.17, 15) is 5.11 Å². The first-order valence-electron chi connectivity index (χ1n) is 4.89. The van der Waals surface area contributed by atoms with Gasteiger partial charge in [-0.15, -0.1) is 0 Å². The molecule has 80 valence electrons. The average Bonchev–Trinajstić information content (AvgIpc) is 2.30. The van der Waals surface area contributed by atoms with E-state index in [1.165, 1.54) is 0 Å². The fraction of sp³-hybridized carbons (Fsp3) is 0.727. The third-order valence-electron chi connectivity index (χ3n) is 3.28. The lowest BCUT2D eigenvalue weighted by Crippen LogP contribution is -2.42. The van der Waals surface area contributed by atoms with Crippen molar-refractivity contribution in [3.63, 3.8) is 0 Å². The molecule has 0 aromatic carbocycles. The van der Waals surface area contributed by atoms with Gasteiger partial charge in [-0.2, -0.15) is 0 Å². The Kier molecular flexibility index (Phi) is 2.48. The maximum atomic E-state index is 10.0. The Morgan fingerprint density at radius 1 is 1.29 bits per heavy atom. The molecule has 14 heavy (non-hydrogen) atoms. The van der Waals surface area contributed by atoms with E-state index >= 15 is 0 Å². The molecule has 1 aromatic rings. The first-order chi connectivity index (χ1) is 6.16. The van der Waals surface area contributed by atoms with Crippen LogP contribution in [0.3, 0.4) is 0 Å². The van der Waals surface area contributed by atoms with Crippen LogP contribution in [0, 0.1) is 6.92 Å². The van der Waals surface area contributed by atoms with Crippen LogP contribution in [0.4, 0.5) is 0 Å². The topological polar surface area (TPSA) is 38.1 Å². The number of imidazole rings is 1. The number of aryl methyl sites for hydroxylation is 2. The summed E-state index contributed by atoms with van der Waals surface area (Å²) in [5, 5.41) is 10.0. The van der Waals surface area contributed by atoms with Crippen molar-refractivity contribution < 1.29 is 5.11 Å². The van der Waals surface area contributed by atoms with Gasteiger partial charge in [0, 0.05) is 18.7 Å². The van der Waals surface area contributed by atoms with Crippen LogP contribution in [0.2, 0.25) is 0 Å². The number of nitrogens with zero attached hydrogens (tertiary/aromatic N) is 2. The molecule has 0 spiro atoms. The van der Waals surface area contributed by atoms with Crippen molar-refractivity contribution in [1.82, 2.24) is 9.55 Å². The monoisotopic (exact) mass is 196 g/mol. The van der Waals surface area contributed by atoms with Gasteiger partial charge in [0.25, 0.3) is 0 Å². The minimum absolute atomic E-state index is 0.334. The second-order valence-corrected chi connectivity index (χ2v) is 4.97. The molecule has 0 atom stereocenters. The third-order valence-corrected chi connectivity index (χ3v) is 3.28. The Balaban J connectivity index is 3.16. The molecular formula is C11H20N2O. The van der Waals surface area contributed by atoms with Crippen molar-refractivity contribution in [2.24, 2.45) is 7.05 Å². The van der Waals surface area contributed by atoms with Crippen LogP contribution in [-0.4, -0.2) is 20.3 Å². The summed E-state index contributed by atoms with van der Waals surface area (Å²) in [6.07, 6.45) is 1.98. The smallest absolute Gasteiger partial charge is 0.105 e. The van der Waals surface area contributed by atoms with Crippen molar-refractivity contribution in [3.8, 4) is 0 Å². The second-order valence-electron chi connectivity index (χ2n) is 4.97. The van der Waals surface area contributed by atoms with Crippen molar-refractivity contribution in [3.05, 3.63) is 17.7 Å². The van der Waals surface area contributed by atoms with Gasteiger partial charge in [-0.1, -0.05) is 13.8 Å². The molecule has 0 amide bonds. The first kappa shape index (κ1) is 11.2. The Morgan fingerprint density at radius 2 is 1.79 bits per heavy atom. The summed E-state index contributed by atoms with van der Waals surface area (Å²) in [6, 6.07) is 0. The maximum absolute atomic E-state index is 10.0. The molecule has 0 fully saturated rings. The fourth-order valence-corrected chi connectivity index (χ4v) is 1.17. The van der Waals surface area contributed by atoms with Crippen LogP contribution in [0.5, 0.6) is 0 Å². The van der Waals surface area contributed by atoms with Gasteiger partial charge in [0.1, 0.15) is 5.82 Å². The average molecular weight is 196 g/mol. The largest absolute Gasteiger partial charge is 0.390 e. The van der Waals surface area contributed by atoms with Crippen LogP contribution in [-0.2, 0) is 12.5 Å². The van der Waals surface area contributed by atoms with Gasteiger partial charge in [-0.25, -0.2) is 4.98 Å². The molecule has 3 nitrogen and oxygen atoms in total. The SMILES string of the molecule is Cc1nc(C(C)(C)C(C)(C)O)cn1C. The van der Waals surface area contributed by atoms with Crippen molar-refractivity contribution in [2.45, 2.75) is 45.6 Å². The summed E-state index contributed by atoms with van der Waals surface area (Å²) in [5.41, 5.74) is -0.169. The van der Waals surface area contributed by atoms with Gasteiger partial charge in [0.15, 0.2) is 0 Å². The predicted molar refractivity (Wildman–Crippen MR) is 57.3 cm³/mol. The number of hydrogen-bond donors (Lipinski definition) is 1. The highest BCUT2D eigenvalue weighted by Gasteiger charge is 2.38. The minimum atomic E-state index is -0.770. The van der Waals surface area contributed by atoms with E-state index in [-0.39, 0.29) is 5.41 Å². The zero-order valence-electron chi connectivity index (χ0n) is 9.92. The van der Waals surface area contributed by atoms with Gasteiger partial charge >= 0.3 is 0 Å². The molecule has 0 bridgehead atoms.